The van der Waals surface area contributed by atoms with Gasteiger partial charge in [-0.15, -0.1) is 0 Å². The van der Waals surface area contributed by atoms with E-state index in [1.54, 1.807) is 24.1 Å². The monoisotopic (exact) mass is 297 g/mol. The molecule has 0 radical (unpaired) electrons. The summed E-state index contributed by atoms with van der Waals surface area (Å²) in [5.41, 5.74) is 0.924. The van der Waals surface area contributed by atoms with E-state index in [1.807, 2.05) is 13.0 Å². The smallest absolute Gasteiger partial charge is 0.260 e. The molecule has 1 aromatic carbocycles. The third-order valence-electron chi connectivity index (χ3n) is 3.66. The summed E-state index contributed by atoms with van der Waals surface area (Å²) in [6, 6.07) is 5.33. The topological polar surface area (TPSA) is 49.8 Å². The van der Waals surface area contributed by atoms with Gasteiger partial charge in [0.25, 0.3) is 5.91 Å². The van der Waals surface area contributed by atoms with E-state index in [1.165, 1.54) is 0 Å². The van der Waals surface area contributed by atoms with Crippen LogP contribution in [0.2, 0.25) is 5.02 Å². The molecule has 1 saturated carbocycles. The van der Waals surface area contributed by atoms with Crippen LogP contribution < -0.4 is 4.74 Å². The Morgan fingerprint density at radius 1 is 1.50 bits per heavy atom. The van der Waals surface area contributed by atoms with Crippen molar-refractivity contribution in [2.75, 3.05) is 20.2 Å². The van der Waals surface area contributed by atoms with Crippen molar-refractivity contribution in [2.45, 2.75) is 25.9 Å². The van der Waals surface area contributed by atoms with Gasteiger partial charge in [0, 0.05) is 18.6 Å². The van der Waals surface area contributed by atoms with Crippen LogP contribution in [0.3, 0.4) is 0 Å². The number of hydrogen-bond acceptors (Lipinski definition) is 3. The largest absolute Gasteiger partial charge is 0.484 e. The van der Waals surface area contributed by atoms with Crippen LogP contribution in [0, 0.1) is 12.8 Å². The molecule has 4 nitrogen and oxygen atoms in total. The molecule has 0 atom stereocenters. The molecule has 2 rings (SSSR count). The first kappa shape index (κ1) is 15.1. The van der Waals surface area contributed by atoms with E-state index in [4.69, 9.17) is 16.3 Å². The maximum Gasteiger partial charge on any atom is 0.260 e. The second-order valence-electron chi connectivity index (χ2n) is 5.47. The number of carbonyl (C=O) groups is 1. The van der Waals surface area contributed by atoms with Crippen LogP contribution in [0.25, 0.3) is 0 Å². The number of ether oxygens (including phenoxy) is 1. The van der Waals surface area contributed by atoms with Crippen LogP contribution in [-0.4, -0.2) is 42.2 Å². The zero-order valence-corrected chi connectivity index (χ0v) is 12.6. The molecule has 0 unspecified atom stereocenters. The highest BCUT2D eigenvalue weighted by Crippen LogP contribution is 2.27. The van der Waals surface area contributed by atoms with Gasteiger partial charge in [-0.25, -0.2) is 0 Å². The van der Waals surface area contributed by atoms with Gasteiger partial charge in [-0.05, 0) is 49.4 Å². The number of hydrogen-bond donors (Lipinski definition) is 1. The van der Waals surface area contributed by atoms with E-state index in [0.717, 1.165) is 18.4 Å². The van der Waals surface area contributed by atoms with Crippen molar-refractivity contribution >= 4 is 17.5 Å². The number of aliphatic hydroxyl groups excluding tert-OH is 1. The van der Waals surface area contributed by atoms with Crippen LogP contribution in [0.4, 0.5) is 0 Å². The Balaban J connectivity index is 1.77. The van der Waals surface area contributed by atoms with Crippen LogP contribution >= 0.6 is 11.6 Å². The minimum absolute atomic E-state index is 0.0207. The van der Waals surface area contributed by atoms with Crippen LogP contribution in [-0.2, 0) is 4.79 Å². The molecule has 1 aliphatic rings. The molecule has 20 heavy (non-hydrogen) atoms. The minimum Gasteiger partial charge on any atom is -0.484 e. The molecule has 0 spiro atoms. The zero-order valence-electron chi connectivity index (χ0n) is 11.8. The molecule has 0 aromatic heterocycles. The lowest BCUT2D eigenvalue weighted by Crippen LogP contribution is -2.41. The first-order chi connectivity index (χ1) is 9.45. The van der Waals surface area contributed by atoms with Gasteiger partial charge in [-0.3, -0.25) is 4.79 Å². The second kappa shape index (κ2) is 6.46. The molecule has 5 heteroatoms. The molecular weight excluding hydrogens is 278 g/mol. The van der Waals surface area contributed by atoms with Gasteiger partial charge in [0.1, 0.15) is 5.75 Å². The molecule has 0 aliphatic heterocycles. The molecule has 110 valence electrons. The van der Waals surface area contributed by atoms with E-state index in [0.29, 0.717) is 23.2 Å². The molecule has 1 amide bonds. The summed E-state index contributed by atoms with van der Waals surface area (Å²) in [7, 11) is 1.77. The predicted octanol–water partition coefficient (Wildman–Crippen LogP) is 2.26. The fraction of sp³-hybridized carbons (Fsp3) is 0.533. The number of aliphatic hydroxyl groups is 1. The highest BCUT2D eigenvalue weighted by molar-refractivity contribution is 6.31. The number of benzene rings is 1. The van der Waals surface area contributed by atoms with Crippen molar-refractivity contribution in [1.29, 1.82) is 0 Å². The Labute approximate surface area is 124 Å². The van der Waals surface area contributed by atoms with Gasteiger partial charge in [-0.1, -0.05) is 11.6 Å². The molecule has 0 heterocycles. The quantitative estimate of drug-likeness (QED) is 0.907. The van der Waals surface area contributed by atoms with E-state index in [9.17, 15) is 9.90 Å². The van der Waals surface area contributed by atoms with Gasteiger partial charge >= 0.3 is 0 Å². The summed E-state index contributed by atoms with van der Waals surface area (Å²) >= 11 is 5.93. The van der Waals surface area contributed by atoms with Gasteiger partial charge in [0.2, 0.25) is 0 Å². The van der Waals surface area contributed by atoms with E-state index in [2.05, 4.69) is 0 Å². The number of carbonyl (C=O) groups excluding carboxylic acids is 1. The second-order valence-corrected chi connectivity index (χ2v) is 5.87. The molecule has 1 aromatic rings. The van der Waals surface area contributed by atoms with E-state index >= 15 is 0 Å². The standard InChI is InChI=1S/C15H20ClNO3/c1-10-5-13(3-4-14(10)16)20-9-15(19)17(2)8-11-6-12(18)7-11/h3-5,11-12,18H,6-9H2,1-2H3. The van der Waals surface area contributed by atoms with Crippen molar-refractivity contribution in [3.05, 3.63) is 28.8 Å². The third-order valence-corrected chi connectivity index (χ3v) is 4.08. The third kappa shape index (κ3) is 3.87. The van der Waals surface area contributed by atoms with Gasteiger partial charge < -0.3 is 14.7 Å². The highest BCUT2D eigenvalue weighted by Gasteiger charge is 2.29. The van der Waals surface area contributed by atoms with E-state index in [-0.39, 0.29) is 18.6 Å². The van der Waals surface area contributed by atoms with Crippen molar-refractivity contribution in [1.82, 2.24) is 4.90 Å². The average molecular weight is 298 g/mol. The first-order valence-corrected chi connectivity index (χ1v) is 7.14. The Morgan fingerprint density at radius 3 is 2.80 bits per heavy atom. The summed E-state index contributed by atoms with van der Waals surface area (Å²) in [5.74, 6) is 1.00. The van der Waals surface area contributed by atoms with Crippen molar-refractivity contribution in [2.24, 2.45) is 5.92 Å². The maximum absolute atomic E-state index is 11.9. The summed E-state index contributed by atoms with van der Waals surface area (Å²) < 4.78 is 5.48. The molecule has 0 bridgehead atoms. The summed E-state index contributed by atoms with van der Waals surface area (Å²) in [6.07, 6.45) is 1.39. The van der Waals surface area contributed by atoms with Gasteiger partial charge in [0.05, 0.1) is 6.10 Å². The maximum atomic E-state index is 11.9. The van der Waals surface area contributed by atoms with Crippen LogP contribution in [0.15, 0.2) is 18.2 Å². The Morgan fingerprint density at radius 2 is 2.20 bits per heavy atom. The van der Waals surface area contributed by atoms with E-state index < -0.39 is 0 Å². The fourth-order valence-electron chi connectivity index (χ4n) is 2.30. The van der Waals surface area contributed by atoms with Crippen molar-refractivity contribution < 1.29 is 14.6 Å². The Bertz CT molecular complexity index is 486. The number of rotatable bonds is 5. The van der Waals surface area contributed by atoms with Crippen molar-refractivity contribution in [3.63, 3.8) is 0 Å². The average Bonchev–Trinajstić information content (AvgIpc) is 2.38. The SMILES string of the molecule is Cc1cc(OCC(=O)N(C)CC2CC(O)C2)ccc1Cl. The van der Waals surface area contributed by atoms with Crippen LogP contribution in [0.1, 0.15) is 18.4 Å². The van der Waals surface area contributed by atoms with Gasteiger partial charge in [0.15, 0.2) is 6.61 Å². The molecule has 1 N–H and O–H groups in total. The molecule has 1 fully saturated rings. The minimum atomic E-state index is -0.184. The summed E-state index contributed by atoms with van der Waals surface area (Å²) in [4.78, 5) is 13.6. The summed E-state index contributed by atoms with van der Waals surface area (Å²) in [5, 5.41) is 9.92. The lowest BCUT2D eigenvalue weighted by Gasteiger charge is -2.34. The molecule has 0 saturated heterocycles. The predicted molar refractivity (Wildman–Crippen MR) is 78.1 cm³/mol. The fourth-order valence-corrected chi connectivity index (χ4v) is 2.42. The van der Waals surface area contributed by atoms with Gasteiger partial charge in [-0.2, -0.15) is 0 Å². The van der Waals surface area contributed by atoms with Crippen LogP contribution in [0.5, 0.6) is 5.75 Å². The number of amides is 1. The molecular formula is C15H20ClNO3. The normalized spacial score (nSPS) is 21.2. The first-order valence-electron chi connectivity index (χ1n) is 6.76. The number of halogens is 1. The number of likely N-dealkylation sites (N-methyl/N-ethyl adjacent to an activating group) is 1. The van der Waals surface area contributed by atoms with Crippen molar-refractivity contribution in [3.8, 4) is 5.75 Å². The summed E-state index contributed by atoms with van der Waals surface area (Å²) in [6.45, 7) is 2.59. The lowest BCUT2D eigenvalue weighted by atomic mass is 9.82. The lowest BCUT2D eigenvalue weighted by molar-refractivity contribution is -0.133. The number of aryl methyl sites for hydroxylation is 1. The molecule has 1 aliphatic carbocycles. The number of nitrogens with zero attached hydrogens (tertiary/aromatic N) is 1. The Hall–Kier alpha value is -1.26. The highest BCUT2D eigenvalue weighted by atomic mass is 35.5. The zero-order chi connectivity index (χ0) is 14.7. The Kier molecular flexibility index (Phi) is 4.89.